The number of benzene rings is 1. The number of pyridine rings is 1. The summed E-state index contributed by atoms with van der Waals surface area (Å²) >= 11 is 12.3. The molecule has 5 atom stereocenters. The van der Waals surface area contributed by atoms with Crippen LogP contribution in [0.1, 0.15) is 42.7 Å². The molecule has 0 radical (unpaired) electrons. The molecule has 1 aromatic heterocycles. The van der Waals surface area contributed by atoms with Gasteiger partial charge in [0.05, 0.1) is 49.8 Å². The number of amides is 2. The summed E-state index contributed by atoms with van der Waals surface area (Å²) in [5.41, 5.74) is -3.98. The number of anilines is 1. The largest absolute Gasteiger partial charge is 0.394 e. The van der Waals surface area contributed by atoms with E-state index in [9.17, 15) is 23.5 Å². The van der Waals surface area contributed by atoms with E-state index in [1.807, 2.05) is 0 Å². The normalized spacial score (nSPS) is 31.1. The van der Waals surface area contributed by atoms with Crippen LogP contribution in [0.25, 0.3) is 0 Å². The maximum absolute atomic E-state index is 15.9. The second-order valence-corrected chi connectivity index (χ2v) is 12.5. The van der Waals surface area contributed by atoms with Crippen molar-refractivity contribution in [2.24, 2.45) is 5.41 Å². The highest BCUT2D eigenvalue weighted by Gasteiger charge is 2.78. The minimum absolute atomic E-state index is 0.0122. The topological polar surface area (TPSA) is 113 Å². The van der Waals surface area contributed by atoms with Gasteiger partial charge < -0.3 is 20.5 Å². The standard InChI is InChI=1S/C28H29Cl2F3N4O4/c29-18-3-1-2-16(21(18)33)20-22(24(39)34-14-4-5-15(8-38)41-9-14)37-27(10-26(11-27,12-31)13-32)28(20)17-6-7-19(30)35-23(17)36-25(28)40/h1-3,6-7,14-15,20,22,37-38H,4-5,8-13H2,(H,34,39)(H,35,36,40)/t14-,15+,20+,22-,28-/m1/s1. The molecule has 2 saturated heterocycles. The molecule has 4 aliphatic rings. The molecule has 8 nitrogen and oxygen atoms in total. The van der Waals surface area contributed by atoms with Crippen molar-refractivity contribution in [3.63, 3.8) is 0 Å². The lowest BCUT2D eigenvalue weighted by Gasteiger charge is -2.59. The first-order valence-electron chi connectivity index (χ1n) is 13.5. The number of carbonyl (C=O) groups excluding carboxylic acids is 2. The van der Waals surface area contributed by atoms with Crippen molar-refractivity contribution in [1.82, 2.24) is 15.6 Å². The first kappa shape index (κ1) is 28.7. The van der Waals surface area contributed by atoms with E-state index in [1.165, 1.54) is 24.3 Å². The number of fused-ring (bicyclic) bond motifs is 3. The van der Waals surface area contributed by atoms with E-state index in [4.69, 9.17) is 27.9 Å². The van der Waals surface area contributed by atoms with Gasteiger partial charge in [-0.2, -0.15) is 0 Å². The van der Waals surface area contributed by atoms with Crippen LogP contribution < -0.4 is 16.0 Å². The molecule has 220 valence electrons. The Morgan fingerprint density at radius 3 is 2.59 bits per heavy atom. The number of hydrogen-bond acceptors (Lipinski definition) is 6. The Morgan fingerprint density at radius 1 is 1.17 bits per heavy atom. The van der Waals surface area contributed by atoms with Crippen molar-refractivity contribution >= 4 is 40.8 Å². The fourth-order valence-electron chi connectivity index (χ4n) is 7.58. The molecule has 13 heteroatoms. The number of nitrogens with zero attached hydrogens (tertiary/aromatic N) is 1. The number of rotatable bonds is 6. The molecular formula is C28H29Cl2F3N4O4. The van der Waals surface area contributed by atoms with Gasteiger partial charge in [-0.1, -0.05) is 41.4 Å². The third kappa shape index (κ3) is 4.18. The molecule has 1 saturated carbocycles. The highest BCUT2D eigenvalue weighted by molar-refractivity contribution is 6.31. The Bertz CT molecular complexity index is 1380. The maximum Gasteiger partial charge on any atom is 0.238 e. The summed E-state index contributed by atoms with van der Waals surface area (Å²) in [7, 11) is 0. The van der Waals surface area contributed by atoms with E-state index in [0.717, 1.165) is 0 Å². The van der Waals surface area contributed by atoms with Crippen molar-refractivity contribution in [2.45, 2.75) is 60.7 Å². The van der Waals surface area contributed by atoms with Crippen molar-refractivity contribution in [3.05, 3.63) is 57.5 Å². The fourth-order valence-corrected chi connectivity index (χ4v) is 7.91. The fraction of sp³-hybridized carbons (Fsp3) is 0.536. The molecular weight excluding hydrogens is 584 g/mol. The number of ether oxygens (including phenoxy) is 1. The summed E-state index contributed by atoms with van der Waals surface area (Å²) in [6.45, 7) is -1.90. The van der Waals surface area contributed by atoms with Crippen LogP contribution in [0.5, 0.6) is 0 Å². The van der Waals surface area contributed by atoms with Gasteiger partial charge in [0.15, 0.2) is 0 Å². The molecule has 0 bridgehead atoms. The quantitative estimate of drug-likeness (QED) is 0.371. The number of aliphatic hydroxyl groups excluding tert-OH is 1. The van der Waals surface area contributed by atoms with Crippen LogP contribution in [0.3, 0.4) is 0 Å². The Balaban J connectivity index is 1.50. The lowest BCUT2D eigenvalue weighted by atomic mass is 9.46. The lowest BCUT2D eigenvalue weighted by Crippen LogP contribution is -2.70. The van der Waals surface area contributed by atoms with Crippen LogP contribution >= 0.6 is 23.2 Å². The van der Waals surface area contributed by atoms with Gasteiger partial charge in [0.25, 0.3) is 0 Å². The molecule has 2 aromatic rings. The SMILES string of the molecule is O=C(N[C@@H]1CC[C@@H](CO)OC1)[C@@H]1NC2(CC(CF)(CF)C2)[C@@]2(C(=O)Nc3nc(Cl)ccc32)[C@H]1c1cccc(Cl)c1F. The zero-order valence-electron chi connectivity index (χ0n) is 21.9. The molecule has 6 rings (SSSR count). The summed E-state index contributed by atoms with van der Waals surface area (Å²) in [5.74, 6) is -2.93. The van der Waals surface area contributed by atoms with E-state index in [1.54, 1.807) is 6.07 Å². The zero-order valence-corrected chi connectivity index (χ0v) is 23.4. The predicted molar refractivity (Wildman–Crippen MR) is 145 cm³/mol. The molecule has 1 aromatic carbocycles. The van der Waals surface area contributed by atoms with Crippen LogP contribution in [0.4, 0.5) is 19.0 Å². The maximum atomic E-state index is 15.9. The Morgan fingerprint density at radius 2 is 1.93 bits per heavy atom. The van der Waals surface area contributed by atoms with Crippen molar-refractivity contribution in [1.29, 1.82) is 0 Å². The van der Waals surface area contributed by atoms with Gasteiger partial charge in [-0.05, 0) is 43.4 Å². The summed E-state index contributed by atoms with van der Waals surface area (Å²) in [4.78, 5) is 32.5. The van der Waals surface area contributed by atoms with Crippen molar-refractivity contribution in [3.8, 4) is 0 Å². The summed E-state index contributed by atoms with van der Waals surface area (Å²) in [5, 5.41) is 18.3. The average Bonchev–Trinajstić information content (AvgIpc) is 3.41. The molecule has 2 spiro atoms. The first-order chi connectivity index (χ1) is 19.6. The molecule has 2 amide bonds. The number of alkyl halides is 2. The number of nitrogens with one attached hydrogen (secondary N) is 3. The first-order valence-corrected chi connectivity index (χ1v) is 14.2. The molecule has 3 fully saturated rings. The Hall–Kier alpha value is -2.44. The second-order valence-electron chi connectivity index (χ2n) is 11.7. The minimum Gasteiger partial charge on any atom is -0.394 e. The minimum atomic E-state index is -1.67. The highest BCUT2D eigenvalue weighted by atomic mass is 35.5. The van der Waals surface area contributed by atoms with E-state index < -0.39 is 65.4 Å². The van der Waals surface area contributed by atoms with Gasteiger partial charge in [-0.15, -0.1) is 0 Å². The van der Waals surface area contributed by atoms with Crippen molar-refractivity contribution in [2.75, 3.05) is 31.9 Å². The number of aliphatic hydroxyl groups is 1. The van der Waals surface area contributed by atoms with Gasteiger partial charge in [0, 0.05) is 22.4 Å². The van der Waals surface area contributed by atoms with Crippen LogP contribution in [0, 0.1) is 11.2 Å². The molecule has 4 heterocycles. The highest BCUT2D eigenvalue weighted by Crippen LogP contribution is 2.68. The van der Waals surface area contributed by atoms with Gasteiger partial charge >= 0.3 is 0 Å². The van der Waals surface area contributed by atoms with Gasteiger partial charge in [-0.25, -0.2) is 9.37 Å². The zero-order chi connectivity index (χ0) is 29.2. The number of carbonyl (C=O) groups is 2. The molecule has 3 aliphatic heterocycles. The second kappa shape index (κ2) is 10.4. The van der Waals surface area contributed by atoms with Crippen LogP contribution in [-0.2, 0) is 19.7 Å². The summed E-state index contributed by atoms with van der Waals surface area (Å²) in [6.07, 6.45) is 0.507. The Kier molecular flexibility index (Phi) is 7.26. The molecule has 4 N–H and O–H groups in total. The van der Waals surface area contributed by atoms with Gasteiger partial charge in [0.1, 0.15) is 22.2 Å². The average molecular weight is 613 g/mol. The summed E-state index contributed by atoms with van der Waals surface area (Å²) in [6, 6.07) is 5.85. The molecule has 41 heavy (non-hydrogen) atoms. The van der Waals surface area contributed by atoms with Crippen LogP contribution in [-0.4, -0.2) is 72.2 Å². The monoisotopic (exact) mass is 612 g/mol. The van der Waals surface area contributed by atoms with Gasteiger partial charge in [-0.3, -0.25) is 23.7 Å². The van der Waals surface area contributed by atoms with E-state index in [2.05, 4.69) is 20.9 Å². The number of aromatic nitrogens is 1. The van der Waals surface area contributed by atoms with Gasteiger partial charge in [0.2, 0.25) is 11.8 Å². The third-order valence-corrected chi connectivity index (χ3v) is 9.80. The summed E-state index contributed by atoms with van der Waals surface area (Å²) < 4.78 is 49.9. The van der Waals surface area contributed by atoms with E-state index in [0.29, 0.717) is 18.4 Å². The Labute approximate surface area is 244 Å². The van der Waals surface area contributed by atoms with Crippen LogP contribution in [0.2, 0.25) is 10.2 Å². The predicted octanol–water partition coefficient (Wildman–Crippen LogP) is 3.59. The molecule has 1 aliphatic carbocycles. The lowest BCUT2D eigenvalue weighted by molar-refractivity contribution is -0.131. The van der Waals surface area contributed by atoms with E-state index >= 15 is 4.39 Å². The van der Waals surface area contributed by atoms with E-state index in [-0.39, 0.29) is 53.7 Å². The van der Waals surface area contributed by atoms with Crippen LogP contribution in [0.15, 0.2) is 30.3 Å². The smallest absolute Gasteiger partial charge is 0.238 e. The molecule has 0 unspecified atom stereocenters. The van der Waals surface area contributed by atoms with Crippen molar-refractivity contribution < 1.29 is 32.6 Å². The number of hydrogen-bond donors (Lipinski definition) is 4. The third-order valence-electron chi connectivity index (χ3n) is 9.30. The number of halogens is 5.